The van der Waals surface area contributed by atoms with E-state index in [1.54, 1.807) is 6.92 Å². The maximum atomic E-state index is 14.9. The second-order valence-electron chi connectivity index (χ2n) is 5.38. The Labute approximate surface area is 135 Å². The molecule has 0 aliphatic rings. The summed E-state index contributed by atoms with van der Waals surface area (Å²) in [6.07, 6.45) is 0.835. The van der Waals surface area contributed by atoms with Crippen LogP contribution in [0.3, 0.4) is 0 Å². The Bertz CT molecular complexity index is 794. The molecule has 24 heavy (non-hydrogen) atoms. The highest BCUT2D eigenvalue weighted by Crippen LogP contribution is 2.23. The maximum Gasteiger partial charge on any atom is 0.287 e. The first-order valence-corrected chi connectivity index (χ1v) is 7.29. The third-order valence-electron chi connectivity index (χ3n) is 3.61. The van der Waals surface area contributed by atoms with Gasteiger partial charge in [-0.3, -0.25) is 9.59 Å². The van der Waals surface area contributed by atoms with Crippen LogP contribution in [-0.2, 0) is 6.42 Å². The molecule has 0 fully saturated rings. The van der Waals surface area contributed by atoms with Crippen LogP contribution in [0.5, 0.6) is 0 Å². The van der Waals surface area contributed by atoms with Gasteiger partial charge in [-0.15, -0.1) is 0 Å². The van der Waals surface area contributed by atoms with Crippen molar-refractivity contribution in [3.63, 3.8) is 0 Å². The highest BCUT2D eigenvalue weighted by atomic mass is 19.1. The van der Waals surface area contributed by atoms with E-state index in [2.05, 4.69) is 15.3 Å². The summed E-state index contributed by atoms with van der Waals surface area (Å²) in [6, 6.07) is 4.04. The number of rotatable bonds is 6. The van der Waals surface area contributed by atoms with Crippen LogP contribution in [0.15, 0.2) is 35.3 Å². The summed E-state index contributed by atoms with van der Waals surface area (Å²) in [5.41, 5.74) is -2.42. The SMILES string of the molecule is CC[C@](F)(CNC(=O)c1nccc(=O)[nH]1)Cc1ccc(F)cc1F. The topological polar surface area (TPSA) is 74.8 Å². The molecular weight excluding hydrogens is 323 g/mol. The molecule has 0 saturated carbocycles. The average molecular weight is 339 g/mol. The second-order valence-corrected chi connectivity index (χ2v) is 5.38. The van der Waals surface area contributed by atoms with Crippen LogP contribution in [0.2, 0.25) is 0 Å². The first-order valence-electron chi connectivity index (χ1n) is 7.29. The van der Waals surface area contributed by atoms with Gasteiger partial charge in [-0.05, 0) is 18.1 Å². The molecule has 1 atom stereocenters. The van der Waals surface area contributed by atoms with Crippen molar-refractivity contribution in [2.45, 2.75) is 25.4 Å². The van der Waals surface area contributed by atoms with Crippen LogP contribution < -0.4 is 10.9 Å². The van der Waals surface area contributed by atoms with Gasteiger partial charge in [0.05, 0.1) is 6.54 Å². The van der Waals surface area contributed by atoms with Crippen molar-refractivity contribution < 1.29 is 18.0 Å². The van der Waals surface area contributed by atoms with Crippen molar-refractivity contribution in [2.24, 2.45) is 0 Å². The van der Waals surface area contributed by atoms with Gasteiger partial charge in [0.2, 0.25) is 0 Å². The number of H-pyrrole nitrogens is 1. The van der Waals surface area contributed by atoms with E-state index in [9.17, 15) is 22.8 Å². The van der Waals surface area contributed by atoms with Crippen molar-refractivity contribution in [2.75, 3.05) is 6.54 Å². The predicted octanol–water partition coefficient (Wildman–Crippen LogP) is 2.14. The average Bonchev–Trinajstić information content (AvgIpc) is 2.55. The van der Waals surface area contributed by atoms with Gasteiger partial charge in [0.15, 0.2) is 5.82 Å². The molecule has 2 rings (SSSR count). The molecule has 1 amide bonds. The predicted molar refractivity (Wildman–Crippen MR) is 81.4 cm³/mol. The molecule has 0 aliphatic carbocycles. The Morgan fingerprint density at radius 1 is 1.33 bits per heavy atom. The highest BCUT2D eigenvalue weighted by molar-refractivity contribution is 5.90. The van der Waals surface area contributed by atoms with Crippen molar-refractivity contribution in [1.82, 2.24) is 15.3 Å². The van der Waals surface area contributed by atoms with Crippen molar-refractivity contribution >= 4 is 5.91 Å². The number of amides is 1. The number of aromatic nitrogens is 2. The molecular formula is C16H16F3N3O2. The number of nitrogens with one attached hydrogen (secondary N) is 2. The van der Waals surface area contributed by atoms with Crippen LogP contribution in [0.25, 0.3) is 0 Å². The van der Waals surface area contributed by atoms with Gasteiger partial charge < -0.3 is 10.3 Å². The number of carbonyl (C=O) groups excluding carboxylic acids is 1. The fourth-order valence-electron chi connectivity index (χ4n) is 2.13. The lowest BCUT2D eigenvalue weighted by molar-refractivity contribution is 0.0880. The van der Waals surface area contributed by atoms with E-state index in [1.807, 2.05) is 0 Å². The number of alkyl halides is 1. The number of hydrogen-bond donors (Lipinski definition) is 2. The first-order chi connectivity index (χ1) is 11.3. The van der Waals surface area contributed by atoms with Gasteiger partial charge in [-0.1, -0.05) is 13.0 Å². The highest BCUT2D eigenvalue weighted by Gasteiger charge is 2.30. The monoisotopic (exact) mass is 339 g/mol. The molecule has 1 aromatic carbocycles. The van der Waals surface area contributed by atoms with Crippen molar-refractivity contribution in [3.05, 3.63) is 63.8 Å². The third-order valence-corrected chi connectivity index (χ3v) is 3.61. The molecule has 2 aromatic rings. The Kier molecular flexibility index (Phi) is 5.38. The van der Waals surface area contributed by atoms with Gasteiger partial charge in [0, 0.05) is 24.8 Å². The zero-order chi connectivity index (χ0) is 17.7. The molecule has 0 bridgehead atoms. The van der Waals surface area contributed by atoms with Gasteiger partial charge in [0.1, 0.15) is 17.3 Å². The quantitative estimate of drug-likeness (QED) is 0.847. The molecule has 1 aromatic heterocycles. The van der Waals surface area contributed by atoms with Gasteiger partial charge in [-0.2, -0.15) is 0 Å². The van der Waals surface area contributed by atoms with Crippen molar-refractivity contribution in [1.29, 1.82) is 0 Å². The zero-order valence-corrected chi connectivity index (χ0v) is 12.9. The molecule has 2 N–H and O–H groups in total. The molecule has 0 spiro atoms. The Balaban J connectivity index is 2.07. The summed E-state index contributed by atoms with van der Waals surface area (Å²) in [5.74, 6) is -2.58. The van der Waals surface area contributed by atoms with E-state index in [0.717, 1.165) is 18.3 Å². The number of aromatic amines is 1. The van der Waals surface area contributed by atoms with Gasteiger partial charge in [-0.25, -0.2) is 18.2 Å². The Morgan fingerprint density at radius 2 is 2.08 bits per heavy atom. The molecule has 5 nitrogen and oxygen atoms in total. The van der Waals surface area contributed by atoms with Gasteiger partial charge >= 0.3 is 0 Å². The molecule has 1 heterocycles. The lowest BCUT2D eigenvalue weighted by atomic mass is 9.93. The Hall–Kier alpha value is -2.64. The van der Waals surface area contributed by atoms with E-state index < -0.39 is 35.3 Å². The number of hydrogen-bond acceptors (Lipinski definition) is 3. The van der Waals surface area contributed by atoms with Crippen LogP contribution in [0.1, 0.15) is 29.5 Å². The number of benzene rings is 1. The zero-order valence-electron chi connectivity index (χ0n) is 12.9. The van der Waals surface area contributed by atoms with Crippen LogP contribution in [0.4, 0.5) is 13.2 Å². The van der Waals surface area contributed by atoms with E-state index >= 15 is 0 Å². The summed E-state index contributed by atoms with van der Waals surface area (Å²) in [7, 11) is 0. The maximum absolute atomic E-state index is 14.9. The third kappa shape index (κ3) is 4.43. The summed E-state index contributed by atoms with van der Waals surface area (Å²) < 4.78 is 41.5. The molecule has 0 saturated heterocycles. The fraction of sp³-hybridized carbons (Fsp3) is 0.312. The number of nitrogens with zero attached hydrogens (tertiary/aromatic N) is 1. The summed E-state index contributed by atoms with van der Waals surface area (Å²) in [5, 5.41) is 2.33. The number of halogens is 3. The van der Waals surface area contributed by atoms with Crippen LogP contribution in [0, 0.1) is 11.6 Å². The van der Waals surface area contributed by atoms with Crippen molar-refractivity contribution in [3.8, 4) is 0 Å². The Morgan fingerprint density at radius 3 is 2.71 bits per heavy atom. The lowest BCUT2D eigenvalue weighted by Crippen LogP contribution is -2.41. The molecule has 128 valence electrons. The molecule has 0 aliphatic heterocycles. The minimum absolute atomic E-state index is 0.00281. The molecule has 0 unspecified atom stereocenters. The van der Waals surface area contributed by atoms with Crippen LogP contribution >= 0.6 is 0 Å². The smallest absolute Gasteiger partial charge is 0.287 e. The molecule has 0 radical (unpaired) electrons. The standard InChI is InChI=1S/C16H16F3N3O2/c1-2-16(19,8-10-3-4-11(17)7-12(10)18)9-21-15(24)14-20-6-5-13(23)22-14/h3-7H,2,8-9H2,1H3,(H,21,24)(H,20,22,23)/t16-/m1/s1. The largest absolute Gasteiger partial charge is 0.346 e. The minimum atomic E-state index is -1.93. The van der Waals surface area contributed by atoms with Crippen LogP contribution in [-0.4, -0.2) is 28.1 Å². The summed E-state index contributed by atoms with van der Waals surface area (Å²) >= 11 is 0. The molecule has 8 heteroatoms. The first kappa shape index (κ1) is 17.7. The number of carbonyl (C=O) groups is 1. The minimum Gasteiger partial charge on any atom is -0.346 e. The van der Waals surface area contributed by atoms with Gasteiger partial charge in [0.25, 0.3) is 11.5 Å². The summed E-state index contributed by atoms with van der Waals surface area (Å²) in [6.45, 7) is 1.15. The fourth-order valence-corrected chi connectivity index (χ4v) is 2.13. The second kappa shape index (κ2) is 7.29. The van der Waals surface area contributed by atoms with E-state index in [4.69, 9.17) is 0 Å². The van der Waals surface area contributed by atoms with E-state index in [1.165, 1.54) is 6.07 Å². The van der Waals surface area contributed by atoms with E-state index in [-0.39, 0.29) is 24.2 Å². The normalized spacial score (nSPS) is 13.3. The summed E-state index contributed by atoms with van der Waals surface area (Å²) in [4.78, 5) is 28.9. The lowest BCUT2D eigenvalue weighted by Gasteiger charge is -2.24. The van der Waals surface area contributed by atoms with E-state index in [0.29, 0.717) is 6.07 Å².